The third-order valence-corrected chi connectivity index (χ3v) is 4.07. The van der Waals surface area contributed by atoms with Crippen LogP contribution < -0.4 is 5.73 Å². The Kier molecular flexibility index (Phi) is 3.20. The second kappa shape index (κ2) is 5.24. The van der Waals surface area contributed by atoms with E-state index in [9.17, 15) is 0 Å². The van der Waals surface area contributed by atoms with Gasteiger partial charge in [0, 0.05) is 0 Å². The lowest BCUT2D eigenvalue weighted by molar-refractivity contribution is 0.551. The van der Waals surface area contributed by atoms with Gasteiger partial charge in [-0.15, -0.1) is 5.10 Å². The van der Waals surface area contributed by atoms with E-state index in [4.69, 9.17) is 10.2 Å². The quantitative estimate of drug-likeness (QED) is 0.572. The molecule has 114 valence electrons. The Morgan fingerprint density at radius 3 is 2.52 bits per heavy atom. The highest BCUT2D eigenvalue weighted by atomic mass is 79.9. The number of hydrogen-bond acceptors (Lipinski definition) is 4. The highest BCUT2D eigenvalue weighted by Crippen LogP contribution is 2.27. The molecule has 3 aromatic heterocycles. The number of halogens is 1. The number of rotatable bonds is 2. The van der Waals surface area contributed by atoms with E-state index >= 15 is 0 Å². The summed E-state index contributed by atoms with van der Waals surface area (Å²) >= 11 is 3.28. The molecule has 0 radical (unpaired) electrons. The van der Waals surface area contributed by atoms with Crippen molar-refractivity contribution < 1.29 is 4.42 Å². The van der Waals surface area contributed by atoms with Crippen molar-refractivity contribution in [1.82, 2.24) is 14.6 Å². The van der Waals surface area contributed by atoms with Crippen LogP contribution >= 0.6 is 15.9 Å². The molecule has 0 unspecified atom stereocenters. The fourth-order valence-electron chi connectivity index (χ4n) is 2.46. The number of fused-ring (bicyclic) bond motifs is 1. The van der Waals surface area contributed by atoms with Crippen LogP contribution in [0, 0.1) is 6.92 Å². The van der Waals surface area contributed by atoms with E-state index in [2.05, 4.69) is 57.2 Å². The van der Waals surface area contributed by atoms with Gasteiger partial charge in [-0.25, -0.2) is 4.98 Å². The van der Waals surface area contributed by atoms with Crippen molar-refractivity contribution in [3.05, 3.63) is 58.8 Å². The van der Waals surface area contributed by atoms with Gasteiger partial charge in [-0.05, 0) is 58.2 Å². The molecular weight excluding hydrogens is 356 g/mol. The van der Waals surface area contributed by atoms with Gasteiger partial charge in [0.15, 0.2) is 16.1 Å². The number of hydrogen-bond donors (Lipinski definition) is 1. The summed E-state index contributed by atoms with van der Waals surface area (Å²) in [4.78, 5) is 4.52. The number of anilines is 1. The van der Waals surface area contributed by atoms with Crippen LogP contribution in [-0.4, -0.2) is 14.6 Å². The average molecular weight is 369 g/mol. The fourth-order valence-corrected chi connectivity index (χ4v) is 2.77. The zero-order chi connectivity index (χ0) is 16.0. The van der Waals surface area contributed by atoms with E-state index in [1.54, 1.807) is 4.52 Å². The number of furan rings is 1. The van der Waals surface area contributed by atoms with Gasteiger partial charge in [0.25, 0.3) is 0 Å². The molecule has 0 bridgehead atoms. The van der Waals surface area contributed by atoms with Gasteiger partial charge in [0.1, 0.15) is 5.82 Å². The van der Waals surface area contributed by atoms with Crippen molar-refractivity contribution in [2.75, 3.05) is 5.73 Å². The predicted octanol–water partition coefficient (Wildman–Crippen LogP) is 4.31. The molecule has 0 amide bonds. The molecule has 0 saturated heterocycles. The van der Waals surface area contributed by atoms with Gasteiger partial charge in [-0.2, -0.15) is 4.52 Å². The normalized spacial score (nSPS) is 11.2. The Morgan fingerprint density at radius 1 is 1.04 bits per heavy atom. The Bertz CT molecular complexity index is 1000. The molecule has 0 aliphatic heterocycles. The maximum absolute atomic E-state index is 6.14. The van der Waals surface area contributed by atoms with Crippen molar-refractivity contribution in [2.24, 2.45) is 0 Å². The van der Waals surface area contributed by atoms with Crippen LogP contribution in [0.4, 0.5) is 5.82 Å². The molecule has 1 aromatic carbocycles. The lowest BCUT2D eigenvalue weighted by Gasteiger charge is -2.05. The molecule has 5 nitrogen and oxygen atoms in total. The highest BCUT2D eigenvalue weighted by Gasteiger charge is 2.13. The molecular formula is C17H13BrN4O. The predicted molar refractivity (Wildman–Crippen MR) is 93.0 cm³/mol. The SMILES string of the molecule is Cc1ccc(-c2cc(N)n3nc(-c4ccc(Br)o4)nc3c2)cc1. The van der Waals surface area contributed by atoms with Crippen molar-refractivity contribution in [3.63, 3.8) is 0 Å². The molecule has 2 N–H and O–H groups in total. The van der Waals surface area contributed by atoms with E-state index in [1.165, 1.54) is 5.56 Å². The van der Waals surface area contributed by atoms with Crippen LogP contribution in [0.25, 0.3) is 28.4 Å². The minimum atomic E-state index is 0.503. The Labute approximate surface area is 140 Å². The first kappa shape index (κ1) is 14.0. The molecule has 6 heteroatoms. The summed E-state index contributed by atoms with van der Waals surface area (Å²) in [6.07, 6.45) is 0. The summed E-state index contributed by atoms with van der Waals surface area (Å²) < 4.78 is 7.76. The lowest BCUT2D eigenvalue weighted by atomic mass is 10.1. The minimum absolute atomic E-state index is 0.503. The number of benzene rings is 1. The van der Waals surface area contributed by atoms with E-state index in [0.29, 0.717) is 27.7 Å². The molecule has 4 aromatic rings. The van der Waals surface area contributed by atoms with E-state index in [0.717, 1.165) is 11.1 Å². The first-order chi connectivity index (χ1) is 11.1. The number of nitrogen functional groups attached to an aromatic ring is 1. The molecule has 4 rings (SSSR count). The molecule has 23 heavy (non-hydrogen) atoms. The standard InChI is InChI=1S/C17H13BrN4O/c1-10-2-4-11(5-3-10)12-8-15(19)22-16(9-12)20-17(21-22)13-6-7-14(18)23-13/h2-9H,19H2,1H3. The lowest BCUT2D eigenvalue weighted by Crippen LogP contribution is -1.99. The second-order valence-electron chi connectivity index (χ2n) is 5.34. The van der Waals surface area contributed by atoms with Gasteiger partial charge >= 0.3 is 0 Å². The van der Waals surface area contributed by atoms with Gasteiger partial charge in [0.05, 0.1) is 0 Å². The van der Waals surface area contributed by atoms with Gasteiger partial charge in [-0.3, -0.25) is 0 Å². The van der Waals surface area contributed by atoms with Crippen molar-refractivity contribution >= 4 is 27.4 Å². The largest absolute Gasteiger partial charge is 0.446 e. The first-order valence-electron chi connectivity index (χ1n) is 7.09. The first-order valence-corrected chi connectivity index (χ1v) is 7.88. The molecule has 0 fully saturated rings. The number of nitrogens with zero attached hydrogens (tertiary/aromatic N) is 3. The summed E-state index contributed by atoms with van der Waals surface area (Å²) in [5.41, 5.74) is 10.1. The van der Waals surface area contributed by atoms with Crippen molar-refractivity contribution in [3.8, 4) is 22.7 Å². The van der Waals surface area contributed by atoms with E-state index in [1.807, 2.05) is 24.3 Å². The smallest absolute Gasteiger partial charge is 0.218 e. The topological polar surface area (TPSA) is 69.3 Å². The van der Waals surface area contributed by atoms with Crippen molar-refractivity contribution in [1.29, 1.82) is 0 Å². The van der Waals surface area contributed by atoms with E-state index < -0.39 is 0 Å². The molecule has 0 spiro atoms. The second-order valence-corrected chi connectivity index (χ2v) is 6.13. The van der Waals surface area contributed by atoms with Gasteiger partial charge < -0.3 is 10.2 Å². The van der Waals surface area contributed by atoms with Gasteiger partial charge in [-0.1, -0.05) is 29.8 Å². The molecule has 0 saturated carbocycles. The van der Waals surface area contributed by atoms with Crippen LogP contribution in [0.3, 0.4) is 0 Å². The third-order valence-electron chi connectivity index (χ3n) is 3.64. The van der Waals surface area contributed by atoms with Crippen LogP contribution in [0.5, 0.6) is 0 Å². The van der Waals surface area contributed by atoms with E-state index in [-0.39, 0.29) is 0 Å². The van der Waals surface area contributed by atoms with Gasteiger partial charge in [0.2, 0.25) is 5.82 Å². The number of aromatic nitrogens is 3. The molecule has 3 heterocycles. The van der Waals surface area contributed by atoms with Crippen molar-refractivity contribution in [2.45, 2.75) is 6.92 Å². The Balaban J connectivity index is 1.85. The summed E-state index contributed by atoms with van der Waals surface area (Å²) in [6, 6.07) is 15.8. The fraction of sp³-hybridized carbons (Fsp3) is 0.0588. The molecule has 0 atom stereocenters. The average Bonchev–Trinajstić information content (AvgIpc) is 3.14. The maximum Gasteiger partial charge on any atom is 0.218 e. The number of pyridine rings is 1. The van der Waals surface area contributed by atoms with Crippen LogP contribution in [0.2, 0.25) is 0 Å². The number of nitrogens with two attached hydrogens (primary N) is 1. The number of aryl methyl sites for hydroxylation is 1. The minimum Gasteiger partial charge on any atom is -0.446 e. The maximum atomic E-state index is 6.14. The van der Waals surface area contributed by atoms with Crippen LogP contribution in [-0.2, 0) is 0 Å². The summed E-state index contributed by atoms with van der Waals surface area (Å²) in [7, 11) is 0. The van der Waals surface area contributed by atoms with Crippen LogP contribution in [0.15, 0.2) is 57.6 Å². The summed E-state index contributed by atoms with van der Waals surface area (Å²) in [5, 5.41) is 4.41. The highest BCUT2D eigenvalue weighted by molar-refractivity contribution is 9.10. The molecule has 0 aliphatic carbocycles. The van der Waals surface area contributed by atoms with Crippen LogP contribution in [0.1, 0.15) is 5.56 Å². The Morgan fingerprint density at radius 2 is 1.83 bits per heavy atom. The summed E-state index contributed by atoms with van der Waals surface area (Å²) in [5.74, 6) is 1.63. The zero-order valence-electron chi connectivity index (χ0n) is 12.3. The Hall–Kier alpha value is -2.60. The summed E-state index contributed by atoms with van der Waals surface area (Å²) in [6.45, 7) is 2.06. The zero-order valence-corrected chi connectivity index (χ0v) is 13.9. The molecule has 0 aliphatic rings. The monoisotopic (exact) mass is 368 g/mol. The third kappa shape index (κ3) is 2.51.